The van der Waals surface area contributed by atoms with Crippen molar-refractivity contribution in [1.82, 2.24) is 0 Å². The molecule has 1 heterocycles. The highest BCUT2D eigenvalue weighted by molar-refractivity contribution is 5.74. The highest BCUT2D eigenvalue weighted by Gasteiger charge is 2.24. The SMILES string of the molecule is CO/C=C(\C)c1cc2c(cc1[N+](=O)[O-])OCO2. The number of allylic oxidation sites excluding steroid dienone is 1. The van der Waals surface area contributed by atoms with E-state index in [1.807, 2.05) is 0 Å². The van der Waals surface area contributed by atoms with Crippen LogP contribution in [-0.4, -0.2) is 18.8 Å². The summed E-state index contributed by atoms with van der Waals surface area (Å²) in [5.41, 5.74) is 1.08. The van der Waals surface area contributed by atoms with Crippen molar-refractivity contribution in [3.05, 3.63) is 34.1 Å². The van der Waals surface area contributed by atoms with Crippen molar-refractivity contribution in [2.75, 3.05) is 13.9 Å². The van der Waals surface area contributed by atoms with E-state index in [2.05, 4.69) is 0 Å². The quantitative estimate of drug-likeness (QED) is 0.458. The normalized spacial score (nSPS) is 13.6. The Balaban J connectivity index is 2.56. The Kier molecular flexibility index (Phi) is 2.86. The zero-order chi connectivity index (χ0) is 12.4. The average Bonchev–Trinajstić information content (AvgIpc) is 2.74. The molecule has 1 aromatic rings. The van der Waals surface area contributed by atoms with Gasteiger partial charge in [-0.2, -0.15) is 0 Å². The molecule has 0 aliphatic carbocycles. The highest BCUT2D eigenvalue weighted by atomic mass is 16.7. The van der Waals surface area contributed by atoms with Gasteiger partial charge >= 0.3 is 0 Å². The van der Waals surface area contributed by atoms with E-state index in [0.29, 0.717) is 22.6 Å². The molecule has 0 saturated carbocycles. The van der Waals surface area contributed by atoms with E-state index < -0.39 is 4.92 Å². The maximum atomic E-state index is 11.0. The molecule has 0 spiro atoms. The second-order valence-electron chi connectivity index (χ2n) is 3.52. The standard InChI is InChI=1S/C11H11NO5/c1-7(5-15-2)8-3-10-11(17-6-16-10)4-9(8)12(13)14/h3-5H,6H2,1-2H3/b7-5+. The number of fused-ring (bicyclic) bond motifs is 1. The Morgan fingerprint density at radius 3 is 2.71 bits per heavy atom. The van der Waals surface area contributed by atoms with Crippen LogP contribution >= 0.6 is 0 Å². The largest absolute Gasteiger partial charge is 0.504 e. The van der Waals surface area contributed by atoms with Crippen LogP contribution in [-0.2, 0) is 4.74 Å². The first-order chi connectivity index (χ1) is 8.13. The molecular formula is C11H11NO5. The summed E-state index contributed by atoms with van der Waals surface area (Å²) in [5.74, 6) is 0.903. The van der Waals surface area contributed by atoms with Crippen LogP contribution in [0.1, 0.15) is 12.5 Å². The van der Waals surface area contributed by atoms with Crippen LogP contribution < -0.4 is 9.47 Å². The molecule has 1 aromatic carbocycles. The number of nitrogens with zero attached hydrogens (tertiary/aromatic N) is 1. The zero-order valence-electron chi connectivity index (χ0n) is 9.43. The number of rotatable bonds is 3. The molecule has 17 heavy (non-hydrogen) atoms. The van der Waals surface area contributed by atoms with E-state index in [1.54, 1.807) is 13.0 Å². The number of nitro groups is 1. The first-order valence-corrected chi connectivity index (χ1v) is 4.91. The molecule has 6 nitrogen and oxygen atoms in total. The molecule has 0 atom stereocenters. The fourth-order valence-electron chi connectivity index (χ4n) is 1.64. The number of hydrogen-bond donors (Lipinski definition) is 0. The van der Waals surface area contributed by atoms with Crippen LogP contribution in [0.15, 0.2) is 18.4 Å². The van der Waals surface area contributed by atoms with Crippen LogP contribution in [0.4, 0.5) is 5.69 Å². The van der Waals surface area contributed by atoms with Gasteiger partial charge in [-0.15, -0.1) is 0 Å². The van der Waals surface area contributed by atoms with Crippen molar-refractivity contribution in [2.45, 2.75) is 6.92 Å². The van der Waals surface area contributed by atoms with Crippen molar-refractivity contribution in [3.8, 4) is 11.5 Å². The predicted molar refractivity (Wildman–Crippen MR) is 59.9 cm³/mol. The van der Waals surface area contributed by atoms with Crippen LogP contribution in [0.5, 0.6) is 11.5 Å². The molecule has 0 amide bonds. The smallest absolute Gasteiger partial charge is 0.280 e. The Labute approximate surface area is 97.6 Å². The summed E-state index contributed by atoms with van der Waals surface area (Å²) in [7, 11) is 1.49. The molecular weight excluding hydrogens is 226 g/mol. The van der Waals surface area contributed by atoms with Gasteiger partial charge in [0.1, 0.15) is 0 Å². The number of hydrogen-bond acceptors (Lipinski definition) is 5. The van der Waals surface area contributed by atoms with E-state index in [0.717, 1.165) is 0 Å². The third-order valence-corrected chi connectivity index (χ3v) is 2.41. The van der Waals surface area contributed by atoms with E-state index in [-0.39, 0.29) is 12.5 Å². The fourth-order valence-corrected chi connectivity index (χ4v) is 1.64. The van der Waals surface area contributed by atoms with Crippen molar-refractivity contribution in [3.63, 3.8) is 0 Å². The summed E-state index contributed by atoms with van der Waals surface area (Å²) in [5, 5.41) is 11.0. The molecule has 6 heteroatoms. The summed E-state index contributed by atoms with van der Waals surface area (Å²) in [6, 6.07) is 2.95. The van der Waals surface area contributed by atoms with Gasteiger partial charge in [0.25, 0.3) is 5.69 Å². The van der Waals surface area contributed by atoms with Gasteiger partial charge in [0.2, 0.25) is 6.79 Å². The van der Waals surface area contributed by atoms with Crippen molar-refractivity contribution in [2.24, 2.45) is 0 Å². The second-order valence-corrected chi connectivity index (χ2v) is 3.52. The average molecular weight is 237 g/mol. The molecule has 0 bridgehead atoms. The Bertz CT molecular complexity index is 495. The van der Waals surface area contributed by atoms with E-state index in [9.17, 15) is 10.1 Å². The number of benzene rings is 1. The van der Waals surface area contributed by atoms with Gasteiger partial charge in [-0.25, -0.2) is 0 Å². The van der Waals surface area contributed by atoms with Gasteiger partial charge in [0, 0.05) is 0 Å². The monoisotopic (exact) mass is 237 g/mol. The molecule has 0 N–H and O–H groups in total. The van der Waals surface area contributed by atoms with Gasteiger partial charge in [-0.1, -0.05) is 0 Å². The van der Waals surface area contributed by atoms with Gasteiger partial charge in [0.15, 0.2) is 11.5 Å². The molecule has 90 valence electrons. The molecule has 1 aliphatic heterocycles. The van der Waals surface area contributed by atoms with Gasteiger partial charge in [-0.3, -0.25) is 10.1 Å². The van der Waals surface area contributed by atoms with Crippen molar-refractivity contribution >= 4 is 11.3 Å². The lowest BCUT2D eigenvalue weighted by molar-refractivity contribution is -0.385. The number of ether oxygens (including phenoxy) is 3. The van der Waals surface area contributed by atoms with Gasteiger partial charge in [0.05, 0.1) is 29.9 Å². The molecule has 0 aromatic heterocycles. The molecule has 0 radical (unpaired) electrons. The number of nitro benzene ring substituents is 1. The first-order valence-electron chi connectivity index (χ1n) is 4.91. The topological polar surface area (TPSA) is 70.8 Å². The summed E-state index contributed by atoms with van der Waals surface area (Å²) in [4.78, 5) is 10.5. The third-order valence-electron chi connectivity index (χ3n) is 2.41. The van der Waals surface area contributed by atoms with Crippen LogP contribution in [0.25, 0.3) is 5.57 Å². The molecule has 2 rings (SSSR count). The van der Waals surface area contributed by atoms with Gasteiger partial charge in [-0.05, 0) is 18.6 Å². The van der Waals surface area contributed by atoms with E-state index in [1.165, 1.54) is 19.4 Å². The maximum Gasteiger partial charge on any atom is 0.280 e. The molecule has 0 fully saturated rings. The van der Waals surface area contributed by atoms with Crippen LogP contribution in [0, 0.1) is 10.1 Å². The lowest BCUT2D eigenvalue weighted by Gasteiger charge is -2.05. The van der Waals surface area contributed by atoms with E-state index in [4.69, 9.17) is 14.2 Å². The Hall–Kier alpha value is -2.24. The fraction of sp³-hybridized carbons (Fsp3) is 0.273. The second kappa shape index (κ2) is 4.32. The maximum absolute atomic E-state index is 11.0. The Morgan fingerprint density at radius 2 is 2.12 bits per heavy atom. The van der Waals surface area contributed by atoms with Crippen molar-refractivity contribution < 1.29 is 19.1 Å². The zero-order valence-corrected chi connectivity index (χ0v) is 9.43. The first kappa shape index (κ1) is 11.3. The van der Waals surface area contributed by atoms with Crippen LogP contribution in [0.2, 0.25) is 0 Å². The third kappa shape index (κ3) is 2.01. The van der Waals surface area contributed by atoms with Crippen molar-refractivity contribution in [1.29, 1.82) is 0 Å². The summed E-state index contributed by atoms with van der Waals surface area (Å²) >= 11 is 0. The minimum Gasteiger partial charge on any atom is -0.504 e. The van der Waals surface area contributed by atoms with Gasteiger partial charge < -0.3 is 14.2 Å². The minimum absolute atomic E-state index is 0.0277. The molecule has 1 aliphatic rings. The minimum atomic E-state index is -0.454. The summed E-state index contributed by atoms with van der Waals surface area (Å²) < 4.78 is 15.2. The lowest BCUT2D eigenvalue weighted by Crippen LogP contribution is -1.94. The lowest BCUT2D eigenvalue weighted by atomic mass is 10.1. The van der Waals surface area contributed by atoms with E-state index >= 15 is 0 Å². The highest BCUT2D eigenvalue weighted by Crippen LogP contribution is 2.40. The summed E-state index contributed by atoms with van der Waals surface area (Å²) in [6.45, 7) is 1.82. The Morgan fingerprint density at radius 1 is 1.47 bits per heavy atom. The van der Waals surface area contributed by atoms with Crippen LogP contribution in [0.3, 0.4) is 0 Å². The predicted octanol–water partition coefficient (Wildman–Crippen LogP) is 2.33. The summed E-state index contributed by atoms with van der Waals surface area (Å²) in [6.07, 6.45) is 1.45. The number of methoxy groups -OCH3 is 1. The molecule has 0 unspecified atom stereocenters. The molecule has 0 saturated heterocycles.